The van der Waals surface area contributed by atoms with E-state index >= 15 is 0 Å². The normalized spacial score (nSPS) is 11.4. The second-order valence-corrected chi connectivity index (χ2v) is 6.56. The van der Waals surface area contributed by atoms with E-state index in [1.807, 2.05) is 24.3 Å². The number of fused-ring (bicyclic) bond motifs is 1. The molecule has 2 aromatic carbocycles. The Morgan fingerprint density at radius 1 is 1.07 bits per heavy atom. The summed E-state index contributed by atoms with van der Waals surface area (Å²) >= 11 is 0. The van der Waals surface area contributed by atoms with E-state index in [0.29, 0.717) is 12.2 Å². The molecule has 152 valence electrons. The van der Waals surface area contributed by atoms with E-state index in [1.54, 1.807) is 12.1 Å². The number of halogens is 3. The Morgan fingerprint density at radius 2 is 1.75 bits per heavy atom. The molecule has 1 amide bonds. The minimum atomic E-state index is -0.255. The zero-order valence-corrected chi connectivity index (χ0v) is 17.0. The first kappa shape index (κ1) is 23.9. The summed E-state index contributed by atoms with van der Waals surface area (Å²) in [5.74, 6) is -0.387. The van der Waals surface area contributed by atoms with Gasteiger partial charge in [0.2, 0.25) is 0 Å². The van der Waals surface area contributed by atoms with Gasteiger partial charge in [-0.25, -0.2) is 4.39 Å². The molecule has 0 spiro atoms. The topological polar surface area (TPSA) is 100 Å². The van der Waals surface area contributed by atoms with Gasteiger partial charge in [-0.05, 0) is 41.5 Å². The number of H-pyrrole nitrogens is 1. The predicted molar refractivity (Wildman–Crippen MR) is 99.7 cm³/mol. The van der Waals surface area contributed by atoms with E-state index in [0.717, 1.165) is 41.4 Å². The number of aromatic amines is 1. The van der Waals surface area contributed by atoms with Crippen LogP contribution >= 0.6 is 0 Å². The fourth-order valence-corrected chi connectivity index (χ4v) is 2.94. The Labute approximate surface area is 175 Å². The van der Waals surface area contributed by atoms with E-state index in [-0.39, 0.29) is 42.6 Å². The molecule has 0 aliphatic heterocycles. The molecule has 1 heterocycles. The maximum atomic E-state index is 13.1. The predicted octanol–water partition coefficient (Wildman–Crippen LogP) is -4.66. The molecule has 0 radical (unpaired) electrons. The van der Waals surface area contributed by atoms with Crippen LogP contribution in [0.3, 0.4) is 0 Å². The number of rotatable bonds is 7. The second kappa shape index (κ2) is 11.0. The standard InChI is InChI=1S/C20H23FN4O.2ClH/c21-16-6-3-13(4-7-16)14-5-8-18-15(10-14)11-19(25-18)20(26)24-12-17(23)2-1-9-22;;/h3-8,10-11,17,25H,1-2,9,12,22-23H2,(H,24,26);2*1H/t17-;;/m1../s1. The Kier molecular flexibility index (Phi) is 9.41. The quantitative estimate of drug-likeness (QED) is 0.300. The molecule has 0 bridgehead atoms. The number of carbonyl (C=O) groups is 1. The van der Waals surface area contributed by atoms with Crippen molar-refractivity contribution in [3.05, 3.63) is 60.0 Å². The molecule has 0 unspecified atom stereocenters. The van der Waals surface area contributed by atoms with Crippen molar-refractivity contribution < 1.29 is 45.5 Å². The van der Waals surface area contributed by atoms with Gasteiger partial charge in [-0.3, -0.25) is 4.79 Å². The van der Waals surface area contributed by atoms with Crippen molar-refractivity contribution in [2.24, 2.45) is 0 Å². The van der Waals surface area contributed by atoms with Gasteiger partial charge in [-0.2, -0.15) is 0 Å². The largest absolute Gasteiger partial charge is 1.00 e. The molecule has 28 heavy (non-hydrogen) atoms. The SMILES string of the molecule is [Cl-].[Cl-].[NH3+]CCC[C@@H]([NH3+])CNC(=O)c1cc2cc(-c3ccc(F)cc3)ccc2[nH]1. The number of amides is 1. The van der Waals surface area contributed by atoms with Crippen LogP contribution in [-0.2, 0) is 0 Å². The highest BCUT2D eigenvalue weighted by molar-refractivity contribution is 5.98. The molecule has 1 aromatic heterocycles. The smallest absolute Gasteiger partial charge is 0.267 e. The van der Waals surface area contributed by atoms with Crippen molar-refractivity contribution >= 4 is 16.8 Å². The Bertz CT molecular complexity index is 899. The summed E-state index contributed by atoms with van der Waals surface area (Å²) < 4.78 is 13.1. The van der Waals surface area contributed by atoms with Gasteiger partial charge in [0.25, 0.3) is 5.91 Å². The summed E-state index contributed by atoms with van der Waals surface area (Å²) in [5, 5.41) is 3.87. The van der Waals surface area contributed by atoms with Gasteiger partial charge in [0.1, 0.15) is 17.6 Å². The summed E-state index contributed by atoms with van der Waals surface area (Å²) in [5.41, 5.74) is 11.2. The van der Waals surface area contributed by atoms with Gasteiger partial charge >= 0.3 is 0 Å². The van der Waals surface area contributed by atoms with Crippen LogP contribution in [0, 0.1) is 5.82 Å². The monoisotopic (exact) mass is 426 g/mol. The summed E-state index contributed by atoms with van der Waals surface area (Å²) in [6.45, 7) is 1.44. The van der Waals surface area contributed by atoms with Crippen LogP contribution in [0.4, 0.5) is 4.39 Å². The first-order valence-electron chi connectivity index (χ1n) is 8.86. The third-order valence-corrected chi connectivity index (χ3v) is 4.46. The molecular formula is C20H25Cl2FN4O. The van der Waals surface area contributed by atoms with Gasteiger partial charge in [-0.15, -0.1) is 0 Å². The Morgan fingerprint density at radius 3 is 2.43 bits per heavy atom. The second-order valence-electron chi connectivity index (χ2n) is 6.56. The van der Waals surface area contributed by atoms with Gasteiger partial charge in [0, 0.05) is 23.7 Å². The first-order chi connectivity index (χ1) is 12.6. The van der Waals surface area contributed by atoms with E-state index in [2.05, 4.69) is 21.8 Å². The number of carbonyl (C=O) groups excluding carboxylic acids is 1. The molecule has 0 fully saturated rings. The van der Waals surface area contributed by atoms with Crippen molar-refractivity contribution in [3.63, 3.8) is 0 Å². The minimum absolute atomic E-state index is 0. The molecule has 8 heteroatoms. The fraction of sp³-hybridized carbons (Fsp3) is 0.250. The number of quaternary nitrogens is 2. The summed E-state index contributed by atoms with van der Waals surface area (Å²) in [6, 6.07) is 14.3. The average Bonchev–Trinajstić information content (AvgIpc) is 3.08. The Balaban J connectivity index is 0.00000196. The van der Waals surface area contributed by atoms with Crippen LogP contribution in [0.2, 0.25) is 0 Å². The van der Waals surface area contributed by atoms with E-state index in [9.17, 15) is 9.18 Å². The van der Waals surface area contributed by atoms with Gasteiger partial charge in [0.15, 0.2) is 0 Å². The highest BCUT2D eigenvalue weighted by Crippen LogP contribution is 2.25. The zero-order valence-electron chi connectivity index (χ0n) is 15.5. The lowest BCUT2D eigenvalue weighted by Gasteiger charge is -2.08. The summed E-state index contributed by atoms with van der Waals surface area (Å²) in [4.78, 5) is 15.5. The van der Waals surface area contributed by atoms with Gasteiger partial charge in [0.05, 0.1) is 13.1 Å². The third kappa shape index (κ3) is 5.94. The van der Waals surface area contributed by atoms with E-state index in [1.165, 1.54) is 12.1 Å². The van der Waals surface area contributed by atoms with E-state index < -0.39 is 0 Å². The number of aromatic nitrogens is 1. The highest BCUT2D eigenvalue weighted by atomic mass is 35.5. The highest BCUT2D eigenvalue weighted by Gasteiger charge is 2.13. The van der Waals surface area contributed by atoms with Crippen molar-refractivity contribution in [3.8, 4) is 11.1 Å². The minimum Gasteiger partial charge on any atom is -1.00 e. The van der Waals surface area contributed by atoms with Crippen molar-refractivity contribution in [2.45, 2.75) is 18.9 Å². The lowest BCUT2D eigenvalue weighted by atomic mass is 10.0. The van der Waals surface area contributed by atoms with Crippen LogP contribution in [0.15, 0.2) is 48.5 Å². The zero-order chi connectivity index (χ0) is 18.5. The Hall–Kier alpha value is -2.12. The van der Waals surface area contributed by atoms with Crippen LogP contribution in [-0.4, -0.2) is 30.0 Å². The van der Waals surface area contributed by atoms with Crippen molar-refractivity contribution in [2.75, 3.05) is 13.1 Å². The third-order valence-electron chi connectivity index (χ3n) is 4.46. The molecule has 1 atom stereocenters. The average molecular weight is 427 g/mol. The number of hydrogen-bond acceptors (Lipinski definition) is 1. The molecule has 0 aliphatic rings. The molecule has 0 saturated carbocycles. The molecular weight excluding hydrogens is 402 g/mol. The maximum Gasteiger partial charge on any atom is 0.267 e. The molecule has 3 rings (SSSR count). The molecule has 0 saturated heterocycles. The molecule has 3 aromatic rings. The fourth-order valence-electron chi connectivity index (χ4n) is 2.94. The molecule has 8 N–H and O–H groups in total. The molecule has 5 nitrogen and oxygen atoms in total. The van der Waals surface area contributed by atoms with Gasteiger partial charge in [-0.1, -0.05) is 18.2 Å². The number of nitrogens with one attached hydrogen (secondary N) is 2. The van der Waals surface area contributed by atoms with Crippen LogP contribution < -0.4 is 41.6 Å². The van der Waals surface area contributed by atoms with Gasteiger partial charge < -0.3 is 46.6 Å². The van der Waals surface area contributed by atoms with Crippen LogP contribution in [0.25, 0.3) is 22.0 Å². The summed E-state index contributed by atoms with van der Waals surface area (Å²) in [6.07, 6.45) is 1.97. The maximum absolute atomic E-state index is 13.1. The van der Waals surface area contributed by atoms with E-state index in [4.69, 9.17) is 0 Å². The number of hydrogen-bond donors (Lipinski definition) is 4. The summed E-state index contributed by atoms with van der Waals surface area (Å²) in [7, 11) is 0. The number of benzene rings is 2. The first-order valence-corrected chi connectivity index (χ1v) is 8.86. The van der Waals surface area contributed by atoms with Crippen molar-refractivity contribution in [1.82, 2.24) is 10.3 Å². The lowest BCUT2D eigenvalue weighted by molar-refractivity contribution is -0.423. The molecule has 0 aliphatic carbocycles. The van der Waals surface area contributed by atoms with Crippen LogP contribution in [0.5, 0.6) is 0 Å². The van der Waals surface area contributed by atoms with Crippen molar-refractivity contribution in [1.29, 1.82) is 0 Å². The van der Waals surface area contributed by atoms with Crippen LogP contribution in [0.1, 0.15) is 23.3 Å². The lowest BCUT2D eigenvalue weighted by Crippen LogP contribution is -3.00.